The van der Waals surface area contributed by atoms with Crippen molar-refractivity contribution in [2.75, 3.05) is 19.7 Å². The van der Waals surface area contributed by atoms with Gasteiger partial charge in [-0.2, -0.15) is 0 Å². The second-order valence-corrected chi connectivity index (χ2v) is 10.1. The zero-order chi connectivity index (χ0) is 22.6. The number of esters is 1. The predicted molar refractivity (Wildman–Crippen MR) is 123 cm³/mol. The number of rotatable bonds is 6. The molecule has 1 unspecified atom stereocenters. The summed E-state index contributed by atoms with van der Waals surface area (Å²) in [5.74, 6) is 1.14. The largest absolute Gasteiger partial charge is 0.466 e. The average Bonchev–Trinajstić information content (AvgIpc) is 3.21. The molecule has 2 aromatic rings. The third kappa shape index (κ3) is 5.94. The summed E-state index contributed by atoms with van der Waals surface area (Å²) in [5, 5.41) is 0. The highest BCUT2D eigenvalue weighted by Gasteiger charge is 2.31. The van der Waals surface area contributed by atoms with Crippen LogP contribution in [0.3, 0.4) is 0 Å². The molecule has 1 amide bonds. The summed E-state index contributed by atoms with van der Waals surface area (Å²) in [6.07, 6.45) is 1.55. The quantitative estimate of drug-likeness (QED) is 0.430. The molecule has 1 aliphatic rings. The fourth-order valence-electron chi connectivity index (χ4n) is 3.71. The summed E-state index contributed by atoms with van der Waals surface area (Å²) >= 11 is 1.72. The molecule has 0 spiro atoms. The lowest BCUT2D eigenvalue weighted by Crippen LogP contribution is -2.42. The van der Waals surface area contributed by atoms with Crippen molar-refractivity contribution in [3.8, 4) is 0 Å². The standard InChI is InChI=1S/C25H33NO4S/c1-6-29-24(28)18-8-7-13-26(15-18)23(27)21-12-11-20(30-21)16-31-22-14-19(25(3,4)5)10-9-17(22)2/h9-12,14,18H,6-8,13,15-16H2,1-5H3. The third-order valence-electron chi connectivity index (χ3n) is 5.63. The van der Waals surface area contributed by atoms with Gasteiger partial charge in [-0.25, -0.2) is 0 Å². The fraction of sp³-hybridized carbons (Fsp3) is 0.520. The number of benzene rings is 1. The summed E-state index contributed by atoms with van der Waals surface area (Å²) < 4.78 is 11.0. The molecule has 1 saturated heterocycles. The Morgan fingerprint density at radius 1 is 1.23 bits per heavy atom. The average molecular weight is 444 g/mol. The molecule has 1 aromatic heterocycles. The second-order valence-electron chi connectivity index (χ2n) is 9.13. The van der Waals surface area contributed by atoms with Crippen LogP contribution in [0.5, 0.6) is 0 Å². The number of carbonyl (C=O) groups is 2. The van der Waals surface area contributed by atoms with Gasteiger partial charge in [-0.1, -0.05) is 32.9 Å². The van der Waals surface area contributed by atoms with Gasteiger partial charge in [-0.05, 0) is 61.4 Å². The summed E-state index contributed by atoms with van der Waals surface area (Å²) in [4.78, 5) is 27.9. The molecule has 1 atom stereocenters. The van der Waals surface area contributed by atoms with Crippen LogP contribution in [0, 0.1) is 12.8 Å². The number of amides is 1. The maximum atomic E-state index is 12.9. The van der Waals surface area contributed by atoms with Crippen LogP contribution in [-0.4, -0.2) is 36.5 Å². The van der Waals surface area contributed by atoms with Gasteiger partial charge in [0.2, 0.25) is 0 Å². The second kappa shape index (κ2) is 9.94. The highest BCUT2D eigenvalue weighted by molar-refractivity contribution is 7.98. The number of hydrogen-bond acceptors (Lipinski definition) is 5. The Balaban J connectivity index is 1.63. The molecule has 0 N–H and O–H groups in total. The summed E-state index contributed by atoms with van der Waals surface area (Å²) in [5.41, 5.74) is 2.64. The molecular weight excluding hydrogens is 410 g/mol. The zero-order valence-electron chi connectivity index (χ0n) is 19.2. The van der Waals surface area contributed by atoms with Crippen LogP contribution >= 0.6 is 11.8 Å². The number of thioether (sulfide) groups is 1. The number of nitrogens with zero attached hydrogens (tertiary/aromatic N) is 1. The first-order valence-corrected chi connectivity index (χ1v) is 12.0. The van der Waals surface area contributed by atoms with Crippen molar-refractivity contribution in [1.82, 2.24) is 4.90 Å². The number of piperidine rings is 1. The molecule has 0 radical (unpaired) electrons. The first-order chi connectivity index (χ1) is 14.7. The van der Waals surface area contributed by atoms with Crippen LogP contribution in [0.1, 0.15) is 68.0 Å². The molecule has 0 bridgehead atoms. The Kier molecular flexibility index (Phi) is 7.52. The van der Waals surface area contributed by atoms with Crippen LogP contribution in [0.15, 0.2) is 39.6 Å². The maximum Gasteiger partial charge on any atom is 0.310 e. The Labute approximate surface area is 189 Å². The van der Waals surface area contributed by atoms with E-state index in [4.69, 9.17) is 9.15 Å². The van der Waals surface area contributed by atoms with E-state index >= 15 is 0 Å². The van der Waals surface area contributed by atoms with E-state index in [1.165, 1.54) is 16.0 Å². The molecule has 1 aromatic carbocycles. The van der Waals surface area contributed by atoms with Gasteiger partial charge < -0.3 is 14.1 Å². The Morgan fingerprint density at radius 3 is 2.71 bits per heavy atom. The van der Waals surface area contributed by atoms with Crippen LogP contribution in [0.25, 0.3) is 0 Å². The van der Waals surface area contributed by atoms with Crippen LogP contribution in [0.2, 0.25) is 0 Å². The molecule has 5 nitrogen and oxygen atoms in total. The molecule has 2 heterocycles. The fourth-order valence-corrected chi connectivity index (χ4v) is 4.67. The van der Waals surface area contributed by atoms with Crippen molar-refractivity contribution in [3.05, 3.63) is 53.0 Å². The monoisotopic (exact) mass is 443 g/mol. The normalized spacial score (nSPS) is 16.9. The van der Waals surface area contributed by atoms with Crippen molar-refractivity contribution in [2.24, 2.45) is 5.92 Å². The summed E-state index contributed by atoms with van der Waals surface area (Å²) in [6, 6.07) is 10.2. The minimum absolute atomic E-state index is 0.100. The molecule has 1 aliphatic heterocycles. The summed E-state index contributed by atoms with van der Waals surface area (Å²) in [7, 11) is 0. The third-order valence-corrected chi connectivity index (χ3v) is 6.80. The first-order valence-electron chi connectivity index (χ1n) is 11.0. The Hall–Kier alpha value is -2.21. The smallest absolute Gasteiger partial charge is 0.310 e. The lowest BCUT2D eigenvalue weighted by Gasteiger charge is -2.30. The van der Waals surface area contributed by atoms with Crippen LogP contribution in [0.4, 0.5) is 0 Å². The van der Waals surface area contributed by atoms with Crippen molar-refractivity contribution in [1.29, 1.82) is 0 Å². The number of ether oxygens (including phenoxy) is 1. The topological polar surface area (TPSA) is 59.8 Å². The van der Waals surface area contributed by atoms with E-state index in [2.05, 4.69) is 45.9 Å². The van der Waals surface area contributed by atoms with Crippen LogP contribution in [-0.2, 0) is 20.7 Å². The number of likely N-dealkylation sites (tertiary alicyclic amines) is 1. The van der Waals surface area contributed by atoms with E-state index in [9.17, 15) is 9.59 Å². The molecule has 1 fully saturated rings. The van der Waals surface area contributed by atoms with Gasteiger partial charge in [-0.3, -0.25) is 9.59 Å². The zero-order valence-corrected chi connectivity index (χ0v) is 20.0. The molecular formula is C25H33NO4S. The first kappa shape index (κ1) is 23.5. The van der Waals surface area contributed by atoms with E-state index in [1.807, 2.05) is 6.07 Å². The summed E-state index contributed by atoms with van der Waals surface area (Å²) in [6.45, 7) is 11.9. The minimum Gasteiger partial charge on any atom is -0.466 e. The van der Waals surface area contributed by atoms with Gasteiger partial charge in [0, 0.05) is 18.0 Å². The maximum absolute atomic E-state index is 12.9. The van der Waals surface area contributed by atoms with E-state index in [1.54, 1.807) is 29.7 Å². The lowest BCUT2D eigenvalue weighted by molar-refractivity contribution is -0.149. The van der Waals surface area contributed by atoms with E-state index < -0.39 is 0 Å². The molecule has 3 rings (SSSR count). The van der Waals surface area contributed by atoms with Gasteiger partial charge in [0.05, 0.1) is 18.3 Å². The number of aryl methyl sites for hydroxylation is 1. The van der Waals surface area contributed by atoms with Crippen LogP contribution < -0.4 is 0 Å². The number of carbonyl (C=O) groups excluding carboxylic acids is 2. The minimum atomic E-state index is -0.249. The van der Waals surface area contributed by atoms with Crippen molar-refractivity contribution in [3.63, 3.8) is 0 Å². The van der Waals surface area contributed by atoms with Crippen molar-refractivity contribution < 1.29 is 18.7 Å². The van der Waals surface area contributed by atoms with E-state index in [0.29, 0.717) is 31.2 Å². The molecule has 6 heteroatoms. The Morgan fingerprint density at radius 2 is 2.00 bits per heavy atom. The van der Waals surface area contributed by atoms with Gasteiger partial charge in [0.15, 0.2) is 5.76 Å². The highest BCUT2D eigenvalue weighted by atomic mass is 32.2. The number of furan rings is 1. The van der Waals surface area contributed by atoms with Gasteiger partial charge in [0.1, 0.15) is 5.76 Å². The SMILES string of the molecule is CCOC(=O)C1CCCN(C(=O)c2ccc(CSc3cc(C(C)(C)C)ccc3C)o2)C1. The van der Waals surface area contributed by atoms with E-state index in [0.717, 1.165) is 18.6 Å². The van der Waals surface area contributed by atoms with Crippen molar-refractivity contribution >= 4 is 23.6 Å². The Bertz CT molecular complexity index is 928. The number of hydrogen-bond donors (Lipinski definition) is 0. The molecule has 168 valence electrons. The van der Waals surface area contributed by atoms with Gasteiger partial charge >= 0.3 is 5.97 Å². The lowest BCUT2D eigenvalue weighted by atomic mass is 9.87. The molecule has 0 saturated carbocycles. The van der Waals surface area contributed by atoms with Crippen molar-refractivity contribution in [2.45, 2.75) is 63.5 Å². The highest BCUT2D eigenvalue weighted by Crippen LogP contribution is 2.32. The van der Waals surface area contributed by atoms with Gasteiger partial charge in [-0.15, -0.1) is 11.8 Å². The van der Waals surface area contributed by atoms with Gasteiger partial charge in [0.25, 0.3) is 5.91 Å². The molecule has 31 heavy (non-hydrogen) atoms. The predicted octanol–water partition coefficient (Wildman–Crippen LogP) is 5.59. The molecule has 0 aliphatic carbocycles. The van der Waals surface area contributed by atoms with E-state index in [-0.39, 0.29) is 23.2 Å².